The van der Waals surface area contributed by atoms with Crippen LogP contribution in [-0.2, 0) is 10.0 Å². The van der Waals surface area contributed by atoms with Crippen molar-refractivity contribution in [3.63, 3.8) is 0 Å². The van der Waals surface area contributed by atoms with E-state index >= 15 is 0 Å². The van der Waals surface area contributed by atoms with Crippen molar-refractivity contribution in [1.82, 2.24) is 19.3 Å². The van der Waals surface area contributed by atoms with Gasteiger partial charge in [0, 0.05) is 31.5 Å². The first-order valence-electron chi connectivity index (χ1n) is 7.27. The Labute approximate surface area is 130 Å². The van der Waals surface area contributed by atoms with Crippen LogP contribution in [0.4, 0.5) is 5.82 Å². The maximum atomic E-state index is 11.6. The highest BCUT2D eigenvalue weighted by Gasteiger charge is 2.08. The van der Waals surface area contributed by atoms with Crippen molar-refractivity contribution in [2.24, 2.45) is 0 Å². The molecule has 8 heteroatoms. The molecule has 0 saturated heterocycles. The first kappa shape index (κ1) is 16.4. The van der Waals surface area contributed by atoms with Gasteiger partial charge in [-0.15, -0.1) is 0 Å². The quantitative estimate of drug-likeness (QED) is 0.681. The number of anilines is 1. The van der Waals surface area contributed by atoms with Gasteiger partial charge in [0.15, 0.2) is 0 Å². The average molecular weight is 323 g/mol. The third-order valence-corrected chi connectivity index (χ3v) is 4.51. The molecule has 7 nitrogen and oxygen atoms in total. The van der Waals surface area contributed by atoms with E-state index in [0.29, 0.717) is 25.3 Å². The van der Waals surface area contributed by atoms with E-state index in [1.54, 1.807) is 0 Å². The van der Waals surface area contributed by atoms with Crippen LogP contribution in [0.3, 0.4) is 0 Å². The van der Waals surface area contributed by atoms with Crippen LogP contribution >= 0.6 is 0 Å². The molecule has 2 rings (SSSR count). The summed E-state index contributed by atoms with van der Waals surface area (Å²) in [6.45, 7) is 2.76. The van der Waals surface area contributed by atoms with Crippen LogP contribution in [0.2, 0.25) is 0 Å². The summed E-state index contributed by atoms with van der Waals surface area (Å²) < 4.78 is 27.7. The fourth-order valence-corrected chi connectivity index (χ4v) is 3.10. The van der Waals surface area contributed by atoms with Crippen LogP contribution in [0.15, 0.2) is 36.9 Å². The highest BCUT2D eigenvalue weighted by Crippen LogP contribution is 2.08. The lowest BCUT2D eigenvalue weighted by atomic mass is 10.4. The molecule has 120 valence electrons. The van der Waals surface area contributed by atoms with Gasteiger partial charge in [0.25, 0.3) is 0 Å². The van der Waals surface area contributed by atoms with Gasteiger partial charge in [0.1, 0.15) is 18.0 Å². The van der Waals surface area contributed by atoms with Crippen molar-refractivity contribution in [3.8, 4) is 5.82 Å². The topological polar surface area (TPSA) is 88.9 Å². The van der Waals surface area contributed by atoms with E-state index in [1.165, 1.54) is 6.33 Å². The summed E-state index contributed by atoms with van der Waals surface area (Å²) in [6, 6.07) is 5.65. The van der Waals surface area contributed by atoms with Gasteiger partial charge >= 0.3 is 0 Å². The number of hydrogen-bond donors (Lipinski definition) is 2. The zero-order chi connectivity index (χ0) is 15.8. The third-order valence-electron chi connectivity index (χ3n) is 3.04. The standard InChI is InChI=1S/C14H21N5O2S/c1-2-3-10-22(20,21)18-7-6-15-13-11-14(17-12-16-13)19-8-4-5-9-19/h4-5,8-9,11-12,18H,2-3,6-7,10H2,1H3,(H,15,16,17). The van der Waals surface area contributed by atoms with Gasteiger partial charge in [-0.05, 0) is 18.6 Å². The van der Waals surface area contributed by atoms with E-state index < -0.39 is 10.0 Å². The van der Waals surface area contributed by atoms with Crippen molar-refractivity contribution in [1.29, 1.82) is 0 Å². The molecule has 0 aliphatic carbocycles. The molecule has 0 unspecified atom stereocenters. The van der Waals surface area contributed by atoms with Crippen LogP contribution < -0.4 is 10.0 Å². The van der Waals surface area contributed by atoms with E-state index in [9.17, 15) is 8.42 Å². The van der Waals surface area contributed by atoms with Crippen LogP contribution in [0, 0.1) is 0 Å². The molecule has 0 amide bonds. The molecule has 0 atom stereocenters. The second kappa shape index (κ2) is 7.90. The second-order valence-electron chi connectivity index (χ2n) is 4.85. The number of hydrogen-bond acceptors (Lipinski definition) is 5. The predicted octanol–water partition coefficient (Wildman–Crippen LogP) is 1.40. The highest BCUT2D eigenvalue weighted by molar-refractivity contribution is 7.89. The third kappa shape index (κ3) is 5.12. The Balaban J connectivity index is 1.81. The molecule has 0 bridgehead atoms. The van der Waals surface area contributed by atoms with E-state index in [4.69, 9.17) is 0 Å². The first-order chi connectivity index (χ1) is 10.6. The number of unbranched alkanes of at least 4 members (excludes halogenated alkanes) is 1. The van der Waals surface area contributed by atoms with Crippen LogP contribution in [0.5, 0.6) is 0 Å². The maximum Gasteiger partial charge on any atom is 0.211 e. The zero-order valence-electron chi connectivity index (χ0n) is 12.6. The average Bonchev–Trinajstić information content (AvgIpc) is 3.04. The summed E-state index contributed by atoms with van der Waals surface area (Å²) >= 11 is 0. The summed E-state index contributed by atoms with van der Waals surface area (Å²) in [4.78, 5) is 8.30. The molecule has 0 aliphatic rings. The van der Waals surface area contributed by atoms with Crippen LogP contribution in [0.25, 0.3) is 5.82 Å². The van der Waals surface area contributed by atoms with E-state index in [0.717, 1.165) is 12.2 Å². The van der Waals surface area contributed by atoms with Crippen molar-refractivity contribution in [3.05, 3.63) is 36.9 Å². The predicted molar refractivity (Wildman–Crippen MR) is 86.5 cm³/mol. The summed E-state index contributed by atoms with van der Waals surface area (Å²) in [5, 5.41) is 3.08. The summed E-state index contributed by atoms with van der Waals surface area (Å²) in [5.41, 5.74) is 0. The lowest BCUT2D eigenvalue weighted by Gasteiger charge is -2.09. The van der Waals surface area contributed by atoms with Gasteiger partial charge in [-0.3, -0.25) is 0 Å². The van der Waals surface area contributed by atoms with Crippen LogP contribution in [-0.4, -0.2) is 41.8 Å². The number of nitrogens with zero attached hydrogens (tertiary/aromatic N) is 3. The van der Waals surface area contributed by atoms with E-state index in [-0.39, 0.29) is 5.75 Å². The van der Waals surface area contributed by atoms with E-state index in [2.05, 4.69) is 20.0 Å². The second-order valence-corrected chi connectivity index (χ2v) is 6.77. The van der Waals surface area contributed by atoms with Gasteiger partial charge in [-0.25, -0.2) is 23.1 Å². The molecule has 0 aliphatic heterocycles. The lowest BCUT2D eigenvalue weighted by molar-refractivity contribution is 0.579. The first-order valence-corrected chi connectivity index (χ1v) is 8.92. The Bertz CT molecular complexity index is 670. The van der Waals surface area contributed by atoms with Crippen molar-refractivity contribution in [2.45, 2.75) is 19.8 Å². The van der Waals surface area contributed by atoms with E-state index in [1.807, 2.05) is 42.1 Å². The molecule has 2 aromatic heterocycles. The number of nitrogens with one attached hydrogen (secondary N) is 2. The monoisotopic (exact) mass is 323 g/mol. The SMILES string of the molecule is CCCCS(=O)(=O)NCCNc1cc(-n2cccc2)ncn1. The Kier molecular flexibility index (Phi) is 5.91. The highest BCUT2D eigenvalue weighted by atomic mass is 32.2. The van der Waals surface area contributed by atoms with Gasteiger partial charge < -0.3 is 9.88 Å². The Hall–Kier alpha value is -1.93. The number of rotatable bonds is 9. The fourth-order valence-electron chi connectivity index (χ4n) is 1.88. The van der Waals surface area contributed by atoms with Gasteiger partial charge in [-0.2, -0.15) is 0 Å². The molecule has 2 N–H and O–H groups in total. The largest absolute Gasteiger partial charge is 0.369 e. The molecule has 2 aromatic rings. The maximum absolute atomic E-state index is 11.6. The zero-order valence-corrected chi connectivity index (χ0v) is 13.4. The molecule has 0 saturated carbocycles. The van der Waals surface area contributed by atoms with Crippen molar-refractivity contribution in [2.75, 3.05) is 24.2 Å². The van der Waals surface area contributed by atoms with Gasteiger partial charge in [0.05, 0.1) is 5.75 Å². The van der Waals surface area contributed by atoms with Gasteiger partial charge in [-0.1, -0.05) is 13.3 Å². The Morgan fingerprint density at radius 2 is 1.95 bits per heavy atom. The molecule has 0 spiro atoms. The molecule has 22 heavy (non-hydrogen) atoms. The molecule has 0 aromatic carbocycles. The minimum Gasteiger partial charge on any atom is -0.369 e. The fraction of sp³-hybridized carbons (Fsp3) is 0.429. The summed E-state index contributed by atoms with van der Waals surface area (Å²) in [5.74, 6) is 1.59. The molecular formula is C14H21N5O2S. The van der Waals surface area contributed by atoms with Gasteiger partial charge in [0.2, 0.25) is 10.0 Å². The smallest absolute Gasteiger partial charge is 0.211 e. The van der Waals surface area contributed by atoms with Crippen molar-refractivity contribution >= 4 is 15.8 Å². The Morgan fingerprint density at radius 1 is 1.18 bits per heavy atom. The lowest BCUT2D eigenvalue weighted by Crippen LogP contribution is -2.31. The normalized spacial score (nSPS) is 11.5. The Morgan fingerprint density at radius 3 is 2.68 bits per heavy atom. The summed E-state index contributed by atoms with van der Waals surface area (Å²) in [7, 11) is -3.17. The van der Waals surface area contributed by atoms with Crippen LogP contribution in [0.1, 0.15) is 19.8 Å². The molecule has 0 radical (unpaired) electrons. The number of aromatic nitrogens is 3. The van der Waals surface area contributed by atoms with Crippen molar-refractivity contribution < 1.29 is 8.42 Å². The minimum atomic E-state index is -3.17. The molecule has 0 fully saturated rings. The minimum absolute atomic E-state index is 0.175. The molecular weight excluding hydrogens is 302 g/mol. The number of sulfonamides is 1. The molecule has 2 heterocycles. The summed E-state index contributed by atoms with van der Waals surface area (Å²) in [6.07, 6.45) is 6.81.